The van der Waals surface area contributed by atoms with Crippen molar-refractivity contribution in [2.75, 3.05) is 7.11 Å². The normalized spacial score (nSPS) is 9.88. The van der Waals surface area contributed by atoms with Crippen LogP contribution in [0.4, 0.5) is 13.2 Å². The smallest absolute Gasteiger partial charge is 0.387 e. The number of esters is 1. The Hall–Kier alpha value is -2.23. The van der Waals surface area contributed by atoms with E-state index in [-0.39, 0.29) is 0 Å². The molecule has 0 saturated heterocycles. The molecule has 1 aromatic carbocycles. The quantitative estimate of drug-likeness (QED) is 0.765. The van der Waals surface area contributed by atoms with Crippen molar-refractivity contribution in [3.05, 3.63) is 29.1 Å². The van der Waals surface area contributed by atoms with Gasteiger partial charge in [0.15, 0.2) is 5.82 Å². The lowest BCUT2D eigenvalue weighted by atomic mass is 10.1. The van der Waals surface area contributed by atoms with Gasteiger partial charge in [0.05, 0.1) is 12.7 Å². The van der Waals surface area contributed by atoms with Gasteiger partial charge in [0.2, 0.25) is 0 Å². The summed E-state index contributed by atoms with van der Waals surface area (Å²) in [5.74, 6) is -2.90. The average Bonchev–Trinajstić information content (AvgIpc) is 2.28. The molecule has 4 nitrogen and oxygen atoms in total. The molecule has 0 aromatic heterocycles. The molecule has 0 saturated carbocycles. The third-order valence-electron chi connectivity index (χ3n) is 1.84. The van der Waals surface area contributed by atoms with Crippen LogP contribution < -0.4 is 4.74 Å². The zero-order valence-corrected chi connectivity index (χ0v) is 8.54. The fourth-order valence-corrected chi connectivity index (χ4v) is 1.12. The predicted octanol–water partition coefficient (Wildman–Crippen LogP) is 2.09. The van der Waals surface area contributed by atoms with Crippen molar-refractivity contribution in [1.29, 1.82) is 5.26 Å². The molecule has 0 aliphatic heterocycles. The molecule has 1 rings (SSSR count). The van der Waals surface area contributed by atoms with E-state index in [0.717, 1.165) is 19.2 Å². The second-order valence-corrected chi connectivity index (χ2v) is 2.78. The molecular weight excluding hydrogens is 239 g/mol. The summed E-state index contributed by atoms with van der Waals surface area (Å²) in [4.78, 5) is 11.1. The first kappa shape index (κ1) is 12.8. The van der Waals surface area contributed by atoms with Crippen LogP contribution in [-0.2, 0) is 4.74 Å². The summed E-state index contributed by atoms with van der Waals surface area (Å²) in [6.07, 6.45) is 0. The Balaban J connectivity index is 3.28. The van der Waals surface area contributed by atoms with Crippen molar-refractivity contribution >= 4 is 5.97 Å². The summed E-state index contributed by atoms with van der Waals surface area (Å²) in [6.45, 7) is -3.19. The number of nitrogens with zero attached hydrogens (tertiary/aromatic N) is 1. The van der Waals surface area contributed by atoms with Crippen molar-refractivity contribution in [2.24, 2.45) is 0 Å². The minimum atomic E-state index is -3.19. The van der Waals surface area contributed by atoms with E-state index in [1.165, 1.54) is 6.07 Å². The first-order valence-corrected chi connectivity index (χ1v) is 4.27. The molecule has 0 aliphatic rings. The highest BCUT2D eigenvalue weighted by atomic mass is 19.3. The Morgan fingerprint density at radius 3 is 2.59 bits per heavy atom. The number of carbonyl (C=O) groups is 1. The second kappa shape index (κ2) is 5.21. The number of alkyl halides is 2. The number of methoxy groups -OCH3 is 1. The SMILES string of the molecule is COC(=O)c1ccc(OC(F)F)c(C#N)c1F. The van der Waals surface area contributed by atoms with Gasteiger partial charge in [0, 0.05) is 0 Å². The largest absolute Gasteiger partial charge is 0.465 e. The maximum Gasteiger partial charge on any atom is 0.387 e. The van der Waals surface area contributed by atoms with E-state index in [0.29, 0.717) is 0 Å². The summed E-state index contributed by atoms with van der Waals surface area (Å²) in [6, 6.07) is 3.15. The van der Waals surface area contributed by atoms with Crippen molar-refractivity contribution in [3.8, 4) is 11.8 Å². The summed E-state index contributed by atoms with van der Waals surface area (Å²) in [7, 11) is 1.03. The molecular formula is C10H6F3NO3. The van der Waals surface area contributed by atoms with Gasteiger partial charge in [-0.25, -0.2) is 9.18 Å². The van der Waals surface area contributed by atoms with Crippen molar-refractivity contribution < 1.29 is 27.4 Å². The van der Waals surface area contributed by atoms with E-state index in [1.54, 1.807) is 0 Å². The summed E-state index contributed by atoms with van der Waals surface area (Å²) >= 11 is 0. The fourth-order valence-electron chi connectivity index (χ4n) is 1.12. The maximum atomic E-state index is 13.6. The van der Waals surface area contributed by atoms with Crippen LogP contribution in [0.5, 0.6) is 5.75 Å². The highest BCUT2D eigenvalue weighted by Gasteiger charge is 2.21. The molecule has 90 valence electrons. The molecule has 0 N–H and O–H groups in total. The number of nitriles is 1. The molecule has 0 radical (unpaired) electrons. The molecule has 0 spiro atoms. The minimum Gasteiger partial charge on any atom is -0.465 e. The van der Waals surface area contributed by atoms with Gasteiger partial charge in [-0.15, -0.1) is 0 Å². The molecule has 0 bridgehead atoms. The summed E-state index contributed by atoms with van der Waals surface area (Å²) in [5, 5.41) is 8.62. The standard InChI is InChI=1S/C10H6F3NO3/c1-16-9(15)5-2-3-7(17-10(12)13)6(4-14)8(5)11/h2-3,10H,1H3. The van der Waals surface area contributed by atoms with Crippen LogP contribution in [0.2, 0.25) is 0 Å². The zero-order valence-electron chi connectivity index (χ0n) is 8.54. The third-order valence-corrected chi connectivity index (χ3v) is 1.84. The van der Waals surface area contributed by atoms with Crippen LogP contribution >= 0.6 is 0 Å². The number of halogens is 3. The Kier molecular flexibility index (Phi) is 3.93. The number of ether oxygens (including phenoxy) is 2. The number of rotatable bonds is 3. The highest BCUT2D eigenvalue weighted by Crippen LogP contribution is 2.25. The first-order valence-electron chi connectivity index (χ1n) is 4.27. The van der Waals surface area contributed by atoms with E-state index in [2.05, 4.69) is 9.47 Å². The lowest BCUT2D eigenvalue weighted by molar-refractivity contribution is -0.0502. The van der Waals surface area contributed by atoms with Gasteiger partial charge in [-0.1, -0.05) is 0 Å². The second-order valence-electron chi connectivity index (χ2n) is 2.78. The minimum absolute atomic E-state index is 0.523. The van der Waals surface area contributed by atoms with Crippen LogP contribution in [0.15, 0.2) is 12.1 Å². The van der Waals surface area contributed by atoms with Gasteiger partial charge in [-0.3, -0.25) is 0 Å². The van der Waals surface area contributed by atoms with E-state index in [4.69, 9.17) is 5.26 Å². The van der Waals surface area contributed by atoms with Crippen LogP contribution in [0, 0.1) is 17.1 Å². The molecule has 17 heavy (non-hydrogen) atoms. The number of hydrogen-bond donors (Lipinski definition) is 0. The Labute approximate surface area is 94.2 Å². The van der Waals surface area contributed by atoms with Crippen LogP contribution in [0.3, 0.4) is 0 Å². The van der Waals surface area contributed by atoms with Crippen LogP contribution in [0.1, 0.15) is 15.9 Å². The van der Waals surface area contributed by atoms with E-state index < -0.39 is 35.3 Å². The summed E-state index contributed by atoms with van der Waals surface area (Å²) in [5.41, 5.74) is -1.29. The van der Waals surface area contributed by atoms with Gasteiger partial charge in [-0.05, 0) is 12.1 Å². The molecule has 7 heteroatoms. The van der Waals surface area contributed by atoms with Crippen LogP contribution in [-0.4, -0.2) is 19.7 Å². The lowest BCUT2D eigenvalue weighted by Crippen LogP contribution is -2.09. The first-order chi connectivity index (χ1) is 8.01. The van der Waals surface area contributed by atoms with E-state index in [1.807, 2.05) is 0 Å². The average molecular weight is 245 g/mol. The molecule has 0 unspecified atom stereocenters. The van der Waals surface area contributed by atoms with E-state index >= 15 is 0 Å². The van der Waals surface area contributed by atoms with Gasteiger partial charge in [-0.2, -0.15) is 14.0 Å². The molecule has 0 fully saturated rings. The Morgan fingerprint density at radius 2 is 2.12 bits per heavy atom. The van der Waals surface area contributed by atoms with Gasteiger partial charge in [0.1, 0.15) is 17.4 Å². The van der Waals surface area contributed by atoms with Gasteiger partial charge in [0.25, 0.3) is 0 Å². The van der Waals surface area contributed by atoms with Gasteiger partial charge < -0.3 is 9.47 Å². The molecule has 0 heterocycles. The number of hydrogen-bond acceptors (Lipinski definition) is 4. The molecule has 1 aromatic rings. The Bertz CT molecular complexity index is 482. The lowest BCUT2D eigenvalue weighted by Gasteiger charge is -2.08. The highest BCUT2D eigenvalue weighted by molar-refractivity contribution is 5.90. The fraction of sp³-hybridized carbons (Fsp3) is 0.200. The van der Waals surface area contributed by atoms with Crippen molar-refractivity contribution in [1.82, 2.24) is 0 Å². The Morgan fingerprint density at radius 1 is 1.47 bits per heavy atom. The van der Waals surface area contributed by atoms with Crippen molar-refractivity contribution in [3.63, 3.8) is 0 Å². The van der Waals surface area contributed by atoms with E-state index in [9.17, 15) is 18.0 Å². The topological polar surface area (TPSA) is 59.3 Å². The maximum absolute atomic E-state index is 13.6. The molecule has 0 atom stereocenters. The number of carbonyl (C=O) groups excluding carboxylic acids is 1. The predicted molar refractivity (Wildman–Crippen MR) is 49.1 cm³/mol. The third kappa shape index (κ3) is 2.66. The molecule has 0 aliphatic carbocycles. The van der Waals surface area contributed by atoms with Crippen LogP contribution in [0.25, 0.3) is 0 Å². The van der Waals surface area contributed by atoms with Crippen molar-refractivity contribution in [2.45, 2.75) is 6.61 Å². The summed E-state index contributed by atoms with van der Waals surface area (Å²) < 4.78 is 45.7. The number of benzene rings is 1. The zero-order chi connectivity index (χ0) is 13.0. The molecule has 0 amide bonds. The van der Waals surface area contributed by atoms with Gasteiger partial charge >= 0.3 is 12.6 Å². The monoisotopic (exact) mass is 245 g/mol.